The fraction of sp³-hybridized carbons (Fsp3) is 0.308. The van der Waals surface area contributed by atoms with Crippen LogP contribution in [0.2, 0.25) is 0 Å². The van der Waals surface area contributed by atoms with Crippen LogP contribution in [-0.4, -0.2) is 36.9 Å². The molecule has 5 nitrogen and oxygen atoms in total. The van der Waals surface area contributed by atoms with Crippen molar-refractivity contribution >= 4 is 23.2 Å². The van der Waals surface area contributed by atoms with Gasteiger partial charge in [0.2, 0.25) is 11.8 Å². The number of nitrogens with zero attached hydrogens (tertiary/aromatic N) is 1. The maximum atomic E-state index is 13.1. The van der Waals surface area contributed by atoms with Gasteiger partial charge in [0.1, 0.15) is 5.75 Å². The normalized spacial score (nSPS) is 18.3. The Kier molecular flexibility index (Phi) is 6.61. The Labute approximate surface area is 192 Å². The number of nitrogens with two attached hydrogens (primary N) is 1. The molecule has 0 bridgehead atoms. The van der Waals surface area contributed by atoms with Crippen LogP contribution in [0.4, 0.5) is 0 Å². The van der Waals surface area contributed by atoms with Crippen LogP contribution in [0.3, 0.4) is 0 Å². The summed E-state index contributed by atoms with van der Waals surface area (Å²) in [6, 6.07) is 19.8. The highest BCUT2D eigenvalue weighted by Crippen LogP contribution is 2.38. The van der Waals surface area contributed by atoms with Crippen molar-refractivity contribution < 1.29 is 14.3 Å². The highest BCUT2D eigenvalue weighted by molar-refractivity contribution is 7.13. The molecule has 0 spiro atoms. The number of ether oxygens (including phenoxy) is 1. The zero-order valence-corrected chi connectivity index (χ0v) is 19.1. The number of thiophene rings is 1. The van der Waals surface area contributed by atoms with Crippen molar-refractivity contribution in [1.82, 2.24) is 4.90 Å². The van der Waals surface area contributed by atoms with Gasteiger partial charge in [0.15, 0.2) is 0 Å². The quantitative estimate of drug-likeness (QED) is 0.586. The Morgan fingerprint density at radius 1 is 1.12 bits per heavy atom. The van der Waals surface area contributed by atoms with Crippen LogP contribution in [0.1, 0.15) is 24.0 Å². The Morgan fingerprint density at radius 2 is 1.97 bits per heavy atom. The molecule has 32 heavy (non-hydrogen) atoms. The number of carbonyl (C=O) groups excluding carboxylic acids is 2. The van der Waals surface area contributed by atoms with Gasteiger partial charge in [-0.3, -0.25) is 9.59 Å². The lowest BCUT2D eigenvalue weighted by atomic mass is 9.73. The van der Waals surface area contributed by atoms with Gasteiger partial charge in [-0.05, 0) is 59.5 Å². The minimum Gasteiger partial charge on any atom is -0.497 e. The molecule has 3 aromatic rings. The van der Waals surface area contributed by atoms with Crippen molar-refractivity contribution in [2.75, 3.05) is 20.2 Å². The van der Waals surface area contributed by atoms with E-state index in [0.29, 0.717) is 25.9 Å². The summed E-state index contributed by atoms with van der Waals surface area (Å²) in [6.45, 7) is 0.994. The molecular weight excluding hydrogens is 420 g/mol. The number of piperidine rings is 1. The first-order chi connectivity index (χ1) is 15.5. The number of carbonyl (C=O) groups is 2. The van der Waals surface area contributed by atoms with Crippen LogP contribution >= 0.6 is 11.3 Å². The molecule has 0 saturated carbocycles. The average molecular weight is 449 g/mol. The first-order valence-electron chi connectivity index (χ1n) is 10.8. The van der Waals surface area contributed by atoms with E-state index in [1.807, 2.05) is 47.4 Å². The number of hydrogen-bond acceptors (Lipinski definition) is 4. The van der Waals surface area contributed by atoms with Crippen LogP contribution in [0.15, 0.2) is 66.0 Å². The summed E-state index contributed by atoms with van der Waals surface area (Å²) in [5.74, 6) is 0.401. The summed E-state index contributed by atoms with van der Waals surface area (Å²) in [6.07, 6.45) is 2.25. The summed E-state index contributed by atoms with van der Waals surface area (Å²) in [5, 5.41) is 2.05. The summed E-state index contributed by atoms with van der Waals surface area (Å²) >= 11 is 1.68. The predicted molar refractivity (Wildman–Crippen MR) is 128 cm³/mol. The maximum absolute atomic E-state index is 13.1. The number of rotatable bonds is 7. The van der Waals surface area contributed by atoms with Crippen molar-refractivity contribution in [3.05, 3.63) is 77.2 Å². The van der Waals surface area contributed by atoms with Gasteiger partial charge in [-0.25, -0.2) is 0 Å². The third kappa shape index (κ3) is 4.70. The second kappa shape index (κ2) is 9.57. The number of amides is 2. The second-order valence-electron chi connectivity index (χ2n) is 8.40. The van der Waals surface area contributed by atoms with Crippen molar-refractivity contribution in [2.24, 2.45) is 11.1 Å². The molecule has 1 aliphatic heterocycles. The lowest BCUT2D eigenvalue weighted by Crippen LogP contribution is -2.53. The van der Waals surface area contributed by atoms with Crippen LogP contribution in [0.5, 0.6) is 5.75 Å². The van der Waals surface area contributed by atoms with Crippen molar-refractivity contribution in [3.8, 4) is 16.2 Å². The minimum atomic E-state index is -0.768. The standard InChI is InChI=1S/C26H28N2O3S/c1-31-21-9-4-7-19(15-21)16-24(29)28-13-6-12-26(18-28,25(27)30)17-20-8-2-3-10-22(20)23-11-5-14-32-23/h2-5,7-11,14-15H,6,12-13,16-18H2,1H3,(H2,27,30)/t26-/m0/s1. The molecule has 1 atom stereocenters. The van der Waals surface area contributed by atoms with E-state index in [0.717, 1.165) is 28.9 Å². The fourth-order valence-corrected chi connectivity index (χ4v) is 5.34. The lowest BCUT2D eigenvalue weighted by Gasteiger charge is -2.41. The molecule has 166 valence electrons. The SMILES string of the molecule is COc1cccc(CC(=O)N2CCC[C@@](Cc3ccccc3-c3cccs3)(C(N)=O)C2)c1. The summed E-state index contributed by atoms with van der Waals surface area (Å²) < 4.78 is 5.27. The van der Waals surface area contributed by atoms with Gasteiger partial charge in [0, 0.05) is 18.0 Å². The molecule has 2 amide bonds. The van der Waals surface area contributed by atoms with E-state index in [4.69, 9.17) is 10.5 Å². The summed E-state index contributed by atoms with van der Waals surface area (Å²) in [5.41, 5.74) is 8.33. The van der Waals surface area contributed by atoms with Crippen LogP contribution in [0.25, 0.3) is 10.4 Å². The zero-order chi connectivity index (χ0) is 22.6. The van der Waals surface area contributed by atoms with E-state index < -0.39 is 5.41 Å². The second-order valence-corrected chi connectivity index (χ2v) is 9.35. The Balaban J connectivity index is 1.56. The van der Waals surface area contributed by atoms with Gasteiger partial charge in [0.25, 0.3) is 0 Å². The molecule has 0 radical (unpaired) electrons. The zero-order valence-electron chi connectivity index (χ0n) is 18.3. The lowest BCUT2D eigenvalue weighted by molar-refractivity contribution is -0.139. The number of benzene rings is 2. The predicted octanol–water partition coefficient (Wildman–Crippen LogP) is 4.30. The number of likely N-dealkylation sites (tertiary alicyclic amines) is 1. The molecule has 0 unspecified atom stereocenters. The third-order valence-electron chi connectivity index (χ3n) is 6.27. The first kappa shape index (κ1) is 22.1. The summed E-state index contributed by atoms with van der Waals surface area (Å²) in [4.78, 5) is 28.9. The van der Waals surface area contributed by atoms with Gasteiger partial charge >= 0.3 is 0 Å². The van der Waals surface area contributed by atoms with E-state index in [1.54, 1.807) is 18.4 Å². The molecule has 0 aliphatic carbocycles. The van der Waals surface area contributed by atoms with E-state index in [9.17, 15) is 9.59 Å². The van der Waals surface area contributed by atoms with E-state index in [2.05, 4.69) is 23.6 Å². The monoisotopic (exact) mass is 448 g/mol. The molecule has 1 aliphatic rings. The van der Waals surface area contributed by atoms with Crippen LogP contribution in [0, 0.1) is 5.41 Å². The molecule has 2 heterocycles. The third-order valence-corrected chi connectivity index (χ3v) is 7.18. The topological polar surface area (TPSA) is 72.6 Å². The van der Waals surface area contributed by atoms with Crippen molar-refractivity contribution in [3.63, 3.8) is 0 Å². The Bertz CT molecular complexity index is 1100. The molecule has 1 saturated heterocycles. The minimum absolute atomic E-state index is 0.00937. The fourth-order valence-electron chi connectivity index (χ4n) is 4.56. The molecule has 6 heteroatoms. The van der Waals surface area contributed by atoms with Gasteiger partial charge in [0.05, 0.1) is 18.9 Å². The number of primary amides is 1. The van der Waals surface area contributed by atoms with E-state index >= 15 is 0 Å². The highest BCUT2D eigenvalue weighted by Gasteiger charge is 2.42. The Morgan fingerprint density at radius 3 is 2.72 bits per heavy atom. The van der Waals surface area contributed by atoms with Crippen molar-refractivity contribution in [2.45, 2.75) is 25.7 Å². The van der Waals surface area contributed by atoms with Gasteiger partial charge < -0.3 is 15.4 Å². The number of hydrogen-bond donors (Lipinski definition) is 1. The molecule has 2 N–H and O–H groups in total. The largest absolute Gasteiger partial charge is 0.497 e. The van der Waals surface area contributed by atoms with Crippen molar-refractivity contribution in [1.29, 1.82) is 0 Å². The number of methoxy groups -OCH3 is 1. The molecule has 2 aromatic carbocycles. The molecular formula is C26H28N2O3S. The highest BCUT2D eigenvalue weighted by atomic mass is 32.1. The molecule has 1 fully saturated rings. The van der Waals surface area contributed by atoms with Crippen LogP contribution < -0.4 is 10.5 Å². The van der Waals surface area contributed by atoms with Gasteiger partial charge in [-0.1, -0.05) is 42.5 Å². The first-order valence-corrected chi connectivity index (χ1v) is 11.7. The van der Waals surface area contributed by atoms with Gasteiger partial charge in [-0.2, -0.15) is 0 Å². The van der Waals surface area contributed by atoms with E-state index in [-0.39, 0.29) is 18.2 Å². The van der Waals surface area contributed by atoms with Gasteiger partial charge in [-0.15, -0.1) is 11.3 Å². The van der Waals surface area contributed by atoms with Crippen LogP contribution in [-0.2, 0) is 22.4 Å². The Hall–Kier alpha value is -3.12. The molecule has 1 aromatic heterocycles. The summed E-state index contributed by atoms with van der Waals surface area (Å²) in [7, 11) is 1.61. The average Bonchev–Trinajstić information content (AvgIpc) is 3.34. The molecule has 4 rings (SSSR count). The smallest absolute Gasteiger partial charge is 0.227 e. The van der Waals surface area contributed by atoms with E-state index in [1.165, 1.54) is 4.88 Å². The maximum Gasteiger partial charge on any atom is 0.227 e.